The first-order chi connectivity index (χ1) is 17.1. The average molecular weight is 466 g/mol. The van der Waals surface area contributed by atoms with E-state index in [9.17, 15) is 4.79 Å². The standard InChI is InChI=1S/C27H27N7O/c1-32(2)13-14-33-19-22(16-28-33)30-27(35)23-15-25(21-11-7-4-8-12-21)31-26-24(23)17-29-34(26)18-20-9-5-3-6-10-20/h3-12,15-17,19H,13-14,18H2,1-2H3,(H,30,35). The van der Waals surface area contributed by atoms with Gasteiger partial charge in [0.15, 0.2) is 5.65 Å². The lowest BCUT2D eigenvalue weighted by Crippen LogP contribution is -2.18. The topological polar surface area (TPSA) is 80.9 Å². The fraction of sp³-hybridized carbons (Fsp3) is 0.185. The van der Waals surface area contributed by atoms with Crippen molar-refractivity contribution >= 4 is 22.6 Å². The van der Waals surface area contributed by atoms with Gasteiger partial charge in [0.05, 0.1) is 47.8 Å². The number of likely N-dealkylation sites (N-methyl/N-ethyl adjacent to an activating group) is 1. The van der Waals surface area contributed by atoms with E-state index in [1.54, 1.807) is 12.4 Å². The zero-order valence-corrected chi connectivity index (χ0v) is 19.8. The lowest BCUT2D eigenvalue weighted by atomic mass is 10.1. The van der Waals surface area contributed by atoms with Gasteiger partial charge in [-0.2, -0.15) is 10.2 Å². The molecule has 0 saturated heterocycles. The Balaban J connectivity index is 1.50. The smallest absolute Gasteiger partial charge is 0.256 e. The molecule has 3 heterocycles. The Kier molecular flexibility index (Phi) is 6.36. The van der Waals surface area contributed by atoms with Gasteiger partial charge in [-0.1, -0.05) is 60.7 Å². The van der Waals surface area contributed by atoms with Gasteiger partial charge >= 0.3 is 0 Å². The Labute approximate surface area is 203 Å². The van der Waals surface area contributed by atoms with Gasteiger partial charge in [-0.3, -0.25) is 9.48 Å². The molecule has 0 atom stereocenters. The SMILES string of the molecule is CN(C)CCn1cc(NC(=O)c2cc(-c3ccccc3)nc3c2cnn3Cc2ccccc2)cn1. The third-order valence-electron chi connectivity index (χ3n) is 5.77. The molecule has 8 heteroatoms. The first-order valence-corrected chi connectivity index (χ1v) is 11.5. The highest BCUT2D eigenvalue weighted by Gasteiger charge is 2.18. The summed E-state index contributed by atoms with van der Waals surface area (Å²) in [5.41, 5.74) is 4.61. The maximum atomic E-state index is 13.4. The summed E-state index contributed by atoms with van der Waals surface area (Å²) >= 11 is 0. The molecule has 0 bridgehead atoms. The van der Waals surface area contributed by atoms with Crippen molar-refractivity contribution in [1.82, 2.24) is 29.4 Å². The molecule has 0 unspecified atom stereocenters. The van der Waals surface area contributed by atoms with Gasteiger partial charge in [0.2, 0.25) is 0 Å². The molecule has 1 N–H and O–H groups in total. The normalized spacial score (nSPS) is 11.3. The number of fused-ring (bicyclic) bond motifs is 1. The minimum Gasteiger partial charge on any atom is -0.319 e. The van der Waals surface area contributed by atoms with Crippen LogP contribution in [-0.2, 0) is 13.1 Å². The number of carbonyl (C=O) groups is 1. The summed E-state index contributed by atoms with van der Waals surface area (Å²) in [6.45, 7) is 2.17. The van der Waals surface area contributed by atoms with Crippen molar-refractivity contribution in [3.63, 3.8) is 0 Å². The van der Waals surface area contributed by atoms with Gasteiger partial charge in [-0.25, -0.2) is 9.67 Å². The predicted molar refractivity (Wildman–Crippen MR) is 137 cm³/mol. The zero-order chi connectivity index (χ0) is 24.2. The largest absolute Gasteiger partial charge is 0.319 e. The first-order valence-electron chi connectivity index (χ1n) is 11.5. The van der Waals surface area contributed by atoms with Crippen molar-refractivity contribution in [3.8, 4) is 11.3 Å². The van der Waals surface area contributed by atoms with Gasteiger partial charge in [0.25, 0.3) is 5.91 Å². The van der Waals surface area contributed by atoms with E-state index in [1.165, 1.54) is 0 Å². The second-order valence-electron chi connectivity index (χ2n) is 8.70. The van der Waals surface area contributed by atoms with Crippen LogP contribution in [0.15, 0.2) is 85.3 Å². The number of amides is 1. The molecule has 0 aliphatic heterocycles. The third kappa shape index (κ3) is 5.12. The van der Waals surface area contributed by atoms with Gasteiger partial charge in [-0.05, 0) is 25.7 Å². The first kappa shape index (κ1) is 22.5. The van der Waals surface area contributed by atoms with Crippen molar-refractivity contribution in [2.45, 2.75) is 13.1 Å². The summed E-state index contributed by atoms with van der Waals surface area (Å²) in [6, 6.07) is 21.8. The van der Waals surface area contributed by atoms with E-state index < -0.39 is 0 Å². The molecule has 0 spiro atoms. The molecular weight excluding hydrogens is 438 g/mol. The predicted octanol–water partition coefficient (Wildman–Crippen LogP) is 4.16. The molecule has 3 aromatic heterocycles. The van der Waals surface area contributed by atoms with E-state index in [0.717, 1.165) is 29.9 Å². The monoisotopic (exact) mass is 465 g/mol. The van der Waals surface area contributed by atoms with Gasteiger partial charge in [0, 0.05) is 18.3 Å². The number of benzene rings is 2. The number of anilines is 1. The molecule has 0 aliphatic carbocycles. The summed E-state index contributed by atoms with van der Waals surface area (Å²) in [5.74, 6) is -0.221. The van der Waals surface area contributed by atoms with E-state index in [1.807, 2.05) is 84.3 Å². The van der Waals surface area contributed by atoms with Gasteiger partial charge < -0.3 is 10.2 Å². The van der Waals surface area contributed by atoms with Crippen LogP contribution in [-0.4, -0.2) is 56.0 Å². The highest BCUT2D eigenvalue weighted by molar-refractivity contribution is 6.12. The van der Waals surface area contributed by atoms with E-state index in [4.69, 9.17) is 4.98 Å². The van der Waals surface area contributed by atoms with Crippen LogP contribution < -0.4 is 5.32 Å². The Bertz CT molecular complexity index is 1440. The minimum atomic E-state index is -0.221. The molecule has 0 aliphatic rings. The van der Waals surface area contributed by atoms with Crippen LogP contribution in [0.3, 0.4) is 0 Å². The van der Waals surface area contributed by atoms with Crippen LogP contribution in [0.4, 0.5) is 5.69 Å². The van der Waals surface area contributed by atoms with E-state index in [2.05, 4.69) is 32.5 Å². The Hall–Kier alpha value is -4.30. The maximum absolute atomic E-state index is 13.4. The second kappa shape index (κ2) is 9.90. The average Bonchev–Trinajstić information content (AvgIpc) is 3.50. The molecule has 5 aromatic rings. The summed E-state index contributed by atoms with van der Waals surface area (Å²) in [6.07, 6.45) is 5.23. The van der Waals surface area contributed by atoms with Crippen molar-refractivity contribution in [1.29, 1.82) is 0 Å². The Morgan fingerprint density at radius 1 is 0.971 bits per heavy atom. The molecular formula is C27H27N7O. The minimum absolute atomic E-state index is 0.221. The van der Waals surface area contributed by atoms with E-state index >= 15 is 0 Å². The molecule has 8 nitrogen and oxygen atoms in total. The molecule has 0 fully saturated rings. The molecule has 176 valence electrons. The number of hydrogen-bond acceptors (Lipinski definition) is 5. The highest BCUT2D eigenvalue weighted by atomic mass is 16.1. The van der Waals surface area contributed by atoms with Crippen molar-refractivity contribution in [2.75, 3.05) is 26.0 Å². The Morgan fingerprint density at radius 3 is 2.46 bits per heavy atom. The number of pyridine rings is 1. The summed E-state index contributed by atoms with van der Waals surface area (Å²) in [4.78, 5) is 20.4. The van der Waals surface area contributed by atoms with Crippen molar-refractivity contribution in [2.24, 2.45) is 0 Å². The molecule has 0 radical (unpaired) electrons. The number of nitrogens with zero attached hydrogens (tertiary/aromatic N) is 6. The number of nitrogens with one attached hydrogen (secondary N) is 1. The lowest BCUT2D eigenvalue weighted by molar-refractivity contribution is 0.102. The summed E-state index contributed by atoms with van der Waals surface area (Å²) in [5, 5.41) is 12.6. The molecule has 2 aromatic carbocycles. The van der Waals surface area contributed by atoms with Crippen LogP contribution >= 0.6 is 0 Å². The molecule has 5 rings (SSSR count). The lowest BCUT2D eigenvalue weighted by Gasteiger charge is -2.10. The van der Waals surface area contributed by atoms with E-state index in [-0.39, 0.29) is 5.91 Å². The van der Waals surface area contributed by atoms with Crippen LogP contribution in [0, 0.1) is 0 Å². The maximum Gasteiger partial charge on any atom is 0.256 e. The van der Waals surface area contributed by atoms with Crippen LogP contribution in [0.25, 0.3) is 22.3 Å². The fourth-order valence-corrected chi connectivity index (χ4v) is 3.92. The quantitative estimate of drug-likeness (QED) is 0.372. The van der Waals surface area contributed by atoms with Gasteiger partial charge in [0.1, 0.15) is 0 Å². The number of rotatable bonds is 8. The molecule has 1 amide bonds. The summed E-state index contributed by atoms with van der Waals surface area (Å²) in [7, 11) is 4.03. The molecule has 35 heavy (non-hydrogen) atoms. The zero-order valence-electron chi connectivity index (χ0n) is 19.8. The third-order valence-corrected chi connectivity index (χ3v) is 5.77. The van der Waals surface area contributed by atoms with Crippen LogP contribution in [0.2, 0.25) is 0 Å². The number of aromatic nitrogens is 5. The second-order valence-corrected chi connectivity index (χ2v) is 8.70. The number of hydrogen-bond donors (Lipinski definition) is 1. The van der Waals surface area contributed by atoms with E-state index in [0.29, 0.717) is 28.8 Å². The summed E-state index contributed by atoms with van der Waals surface area (Å²) < 4.78 is 3.66. The van der Waals surface area contributed by atoms with Gasteiger partial charge in [-0.15, -0.1) is 0 Å². The number of carbonyl (C=O) groups excluding carboxylic acids is 1. The van der Waals surface area contributed by atoms with Crippen molar-refractivity contribution < 1.29 is 4.79 Å². The fourth-order valence-electron chi connectivity index (χ4n) is 3.92. The Morgan fingerprint density at radius 2 is 1.71 bits per heavy atom. The van der Waals surface area contributed by atoms with Crippen LogP contribution in [0.5, 0.6) is 0 Å². The highest BCUT2D eigenvalue weighted by Crippen LogP contribution is 2.26. The van der Waals surface area contributed by atoms with Crippen LogP contribution in [0.1, 0.15) is 15.9 Å². The van der Waals surface area contributed by atoms with Crippen molar-refractivity contribution in [3.05, 3.63) is 96.4 Å². The molecule has 0 saturated carbocycles.